The van der Waals surface area contributed by atoms with Crippen LogP contribution in [0, 0.1) is 29.1 Å². The topological polar surface area (TPSA) is 77.8 Å². The van der Waals surface area contributed by atoms with Gasteiger partial charge in [0.25, 0.3) is 0 Å². The van der Waals surface area contributed by atoms with Crippen molar-refractivity contribution in [3.63, 3.8) is 0 Å². The quantitative estimate of drug-likeness (QED) is 0.153. The zero-order valence-electron chi connectivity index (χ0n) is 22.3. The molecule has 1 saturated heterocycles. The normalized spacial score (nSPS) is 24.1. The van der Waals surface area contributed by atoms with Gasteiger partial charge in [0.2, 0.25) is 0 Å². The Labute approximate surface area is 217 Å². The van der Waals surface area contributed by atoms with E-state index >= 15 is 0 Å². The lowest BCUT2D eigenvalue weighted by Gasteiger charge is -2.37. The molecule has 0 bridgehead atoms. The standard InChI is InChI=1S/C30H45NO5/c1-3-5-7-8-10-18-33-27-16-17-28(26(19-27)20-31)36-29(32)24-12-14-25(15-13-24)30-34-21-23(22-35-30)11-9-6-4-2/h16-17,19,23-25,30H,3-15,18,21-22H2,1-2H3. The van der Waals surface area contributed by atoms with Crippen LogP contribution in [0.25, 0.3) is 0 Å². The first-order valence-electron chi connectivity index (χ1n) is 14.3. The Kier molecular flexibility index (Phi) is 12.6. The van der Waals surface area contributed by atoms with Gasteiger partial charge in [0.15, 0.2) is 6.29 Å². The Morgan fingerprint density at radius 2 is 1.67 bits per heavy atom. The number of unbranched alkanes of at least 4 members (excludes halogenated alkanes) is 6. The zero-order valence-corrected chi connectivity index (χ0v) is 22.3. The Morgan fingerprint density at radius 3 is 2.36 bits per heavy atom. The Hall–Kier alpha value is -2.10. The van der Waals surface area contributed by atoms with Crippen LogP contribution in [0.15, 0.2) is 18.2 Å². The molecule has 3 rings (SSSR count). The number of hydrogen-bond donors (Lipinski definition) is 0. The van der Waals surface area contributed by atoms with Crippen molar-refractivity contribution in [3.05, 3.63) is 23.8 Å². The van der Waals surface area contributed by atoms with Crippen molar-refractivity contribution in [1.82, 2.24) is 0 Å². The first-order chi connectivity index (χ1) is 17.6. The number of rotatable bonds is 14. The third kappa shape index (κ3) is 9.09. The van der Waals surface area contributed by atoms with Crippen molar-refractivity contribution >= 4 is 5.97 Å². The molecule has 0 amide bonds. The predicted octanol–water partition coefficient (Wildman–Crippen LogP) is 7.19. The van der Waals surface area contributed by atoms with Crippen LogP contribution in [-0.2, 0) is 14.3 Å². The molecule has 0 aromatic heterocycles. The van der Waals surface area contributed by atoms with Crippen molar-refractivity contribution in [1.29, 1.82) is 5.26 Å². The number of carbonyl (C=O) groups is 1. The maximum Gasteiger partial charge on any atom is 0.314 e. The third-order valence-corrected chi connectivity index (χ3v) is 7.50. The molecule has 1 saturated carbocycles. The molecule has 1 aromatic rings. The van der Waals surface area contributed by atoms with E-state index in [9.17, 15) is 10.1 Å². The molecule has 1 aliphatic heterocycles. The van der Waals surface area contributed by atoms with E-state index in [0.29, 0.717) is 35.5 Å². The number of benzene rings is 1. The van der Waals surface area contributed by atoms with Gasteiger partial charge < -0.3 is 18.9 Å². The summed E-state index contributed by atoms with van der Waals surface area (Å²) in [5.74, 6) is 1.39. The summed E-state index contributed by atoms with van der Waals surface area (Å²) in [5.41, 5.74) is 0.331. The average Bonchev–Trinajstić information content (AvgIpc) is 2.92. The first kappa shape index (κ1) is 28.5. The molecule has 0 atom stereocenters. The van der Waals surface area contributed by atoms with Crippen molar-refractivity contribution in [3.8, 4) is 17.6 Å². The molecule has 200 valence electrons. The second-order valence-corrected chi connectivity index (χ2v) is 10.5. The molecule has 6 heteroatoms. The van der Waals surface area contributed by atoms with Gasteiger partial charge in [-0.15, -0.1) is 0 Å². The van der Waals surface area contributed by atoms with Crippen LogP contribution in [0.5, 0.6) is 11.5 Å². The fourth-order valence-electron chi connectivity index (χ4n) is 5.17. The molecule has 0 radical (unpaired) electrons. The molecular weight excluding hydrogens is 454 g/mol. The lowest BCUT2D eigenvalue weighted by atomic mass is 9.81. The fourth-order valence-corrected chi connectivity index (χ4v) is 5.17. The number of nitriles is 1. The van der Waals surface area contributed by atoms with Gasteiger partial charge in [-0.05, 0) is 50.7 Å². The van der Waals surface area contributed by atoms with Crippen LogP contribution < -0.4 is 9.47 Å². The average molecular weight is 500 g/mol. The van der Waals surface area contributed by atoms with Crippen LogP contribution in [0.4, 0.5) is 0 Å². The minimum atomic E-state index is -0.254. The lowest BCUT2D eigenvalue weighted by molar-refractivity contribution is -0.230. The minimum Gasteiger partial charge on any atom is -0.494 e. The summed E-state index contributed by atoms with van der Waals surface area (Å²) in [6, 6.07) is 7.26. The third-order valence-electron chi connectivity index (χ3n) is 7.50. The number of carbonyl (C=O) groups excluding carboxylic acids is 1. The lowest BCUT2D eigenvalue weighted by Crippen LogP contribution is -2.39. The van der Waals surface area contributed by atoms with Gasteiger partial charge in [-0.3, -0.25) is 4.79 Å². The number of nitrogens with zero attached hydrogens (tertiary/aromatic N) is 1. The predicted molar refractivity (Wildman–Crippen MR) is 140 cm³/mol. The molecule has 0 unspecified atom stereocenters. The first-order valence-corrected chi connectivity index (χ1v) is 14.3. The Bertz CT molecular complexity index is 819. The van der Waals surface area contributed by atoms with Crippen molar-refractivity contribution in [2.24, 2.45) is 17.8 Å². The summed E-state index contributed by atoms with van der Waals surface area (Å²) in [4.78, 5) is 12.8. The monoisotopic (exact) mass is 499 g/mol. The molecule has 1 aromatic carbocycles. The molecule has 2 aliphatic rings. The fraction of sp³-hybridized carbons (Fsp3) is 0.733. The van der Waals surface area contributed by atoms with E-state index in [1.807, 2.05) is 0 Å². The van der Waals surface area contributed by atoms with Crippen LogP contribution in [0.1, 0.15) is 103 Å². The summed E-state index contributed by atoms with van der Waals surface area (Å²) in [7, 11) is 0. The van der Waals surface area contributed by atoms with Crippen LogP contribution in [-0.4, -0.2) is 32.1 Å². The van der Waals surface area contributed by atoms with Crippen LogP contribution >= 0.6 is 0 Å². The summed E-state index contributed by atoms with van der Waals surface area (Å²) in [6.45, 7) is 6.62. The second-order valence-electron chi connectivity index (χ2n) is 10.5. The van der Waals surface area contributed by atoms with Crippen molar-refractivity contribution in [2.75, 3.05) is 19.8 Å². The van der Waals surface area contributed by atoms with Gasteiger partial charge in [0.1, 0.15) is 17.6 Å². The van der Waals surface area contributed by atoms with E-state index in [1.54, 1.807) is 18.2 Å². The summed E-state index contributed by atoms with van der Waals surface area (Å²) < 4.78 is 23.6. The van der Waals surface area contributed by atoms with E-state index in [0.717, 1.165) is 51.7 Å². The van der Waals surface area contributed by atoms with Gasteiger partial charge >= 0.3 is 5.97 Å². The summed E-state index contributed by atoms with van der Waals surface area (Å²) in [5, 5.41) is 9.57. The Balaban J connectivity index is 1.39. The van der Waals surface area contributed by atoms with E-state index in [4.69, 9.17) is 18.9 Å². The smallest absolute Gasteiger partial charge is 0.314 e. The summed E-state index contributed by atoms with van der Waals surface area (Å²) >= 11 is 0. The van der Waals surface area contributed by atoms with Gasteiger partial charge in [-0.2, -0.15) is 5.26 Å². The highest BCUT2D eigenvalue weighted by molar-refractivity contribution is 5.76. The summed E-state index contributed by atoms with van der Waals surface area (Å²) in [6.07, 6.45) is 13.9. The highest BCUT2D eigenvalue weighted by atomic mass is 16.7. The molecule has 0 spiro atoms. The maximum atomic E-state index is 12.8. The molecule has 36 heavy (non-hydrogen) atoms. The molecule has 6 nitrogen and oxygen atoms in total. The minimum absolute atomic E-state index is 0.145. The van der Waals surface area contributed by atoms with Gasteiger partial charge in [0.05, 0.1) is 31.3 Å². The van der Waals surface area contributed by atoms with Crippen LogP contribution in [0.2, 0.25) is 0 Å². The molecule has 2 fully saturated rings. The van der Waals surface area contributed by atoms with E-state index in [-0.39, 0.29) is 18.2 Å². The largest absolute Gasteiger partial charge is 0.494 e. The highest BCUT2D eigenvalue weighted by Gasteiger charge is 2.35. The number of ether oxygens (including phenoxy) is 4. The van der Waals surface area contributed by atoms with E-state index in [2.05, 4.69) is 19.9 Å². The zero-order chi connectivity index (χ0) is 25.6. The SMILES string of the molecule is CCCCCCCOc1ccc(OC(=O)C2CCC(C3OCC(CCCCC)CO3)CC2)c(C#N)c1. The van der Waals surface area contributed by atoms with E-state index in [1.165, 1.54) is 44.9 Å². The van der Waals surface area contributed by atoms with Gasteiger partial charge in [0, 0.05) is 17.9 Å². The van der Waals surface area contributed by atoms with Crippen LogP contribution in [0.3, 0.4) is 0 Å². The Morgan fingerprint density at radius 1 is 0.972 bits per heavy atom. The van der Waals surface area contributed by atoms with Crippen molar-refractivity contribution in [2.45, 2.75) is 104 Å². The number of esters is 1. The molecule has 0 N–H and O–H groups in total. The van der Waals surface area contributed by atoms with Gasteiger partial charge in [-0.1, -0.05) is 58.8 Å². The van der Waals surface area contributed by atoms with Crippen molar-refractivity contribution < 1.29 is 23.7 Å². The van der Waals surface area contributed by atoms with Gasteiger partial charge in [-0.25, -0.2) is 0 Å². The molecule has 1 aliphatic carbocycles. The van der Waals surface area contributed by atoms with E-state index < -0.39 is 0 Å². The molecule has 1 heterocycles. The molecular formula is C30H45NO5. The second kappa shape index (κ2) is 15.9. The highest BCUT2D eigenvalue weighted by Crippen LogP contribution is 2.35. The number of hydrogen-bond acceptors (Lipinski definition) is 6. The maximum absolute atomic E-state index is 12.8.